The Labute approximate surface area is 161 Å². The van der Waals surface area contributed by atoms with E-state index in [1.807, 2.05) is 12.3 Å². The highest BCUT2D eigenvalue weighted by Crippen LogP contribution is 2.42. The maximum Gasteiger partial charge on any atom is 0.326 e. The number of amides is 2. The monoisotopic (exact) mass is 442 g/mol. The molecule has 0 spiro atoms. The number of carboxylic acid groups (broad SMARTS) is 1. The van der Waals surface area contributed by atoms with Crippen LogP contribution in [0, 0.1) is 0 Å². The standard InChI is InChI=1S/C16H15BrN2O4S2/c1-24-5-4-11(16(22)23)19-7-25-13(15(19)21)12-9-6-8(17)2-3-10(9)18-14(12)20/h2-3,6,11H,4-5,7H2,1H3,(H,18,20)(H,22,23)/b13-12-. The minimum atomic E-state index is -1.02. The first-order valence-electron chi connectivity index (χ1n) is 7.45. The Morgan fingerprint density at radius 3 is 2.92 bits per heavy atom. The summed E-state index contributed by atoms with van der Waals surface area (Å²) in [6.45, 7) is 0. The second kappa shape index (κ2) is 7.43. The zero-order valence-electron chi connectivity index (χ0n) is 13.2. The average molecular weight is 443 g/mol. The molecule has 132 valence electrons. The van der Waals surface area contributed by atoms with Gasteiger partial charge in [0.25, 0.3) is 11.8 Å². The SMILES string of the molecule is CSCCC(C(=O)O)N1CS/C(=C2\C(=O)Nc3ccc(Br)cc32)C1=O. The zero-order valence-corrected chi connectivity index (χ0v) is 16.5. The highest BCUT2D eigenvalue weighted by molar-refractivity contribution is 9.10. The van der Waals surface area contributed by atoms with Crippen molar-refractivity contribution in [3.05, 3.63) is 33.1 Å². The van der Waals surface area contributed by atoms with Crippen LogP contribution in [-0.2, 0) is 14.4 Å². The fourth-order valence-electron chi connectivity index (χ4n) is 2.80. The van der Waals surface area contributed by atoms with Crippen LogP contribution < -0.4 is 5.32 Å². The molecule has 6 nitrogen and oxygen atoms in total. The van der Waals surface area contributed by atoms with Crippen molar-refractivity contribution in [2.75, 3.05) is 23.2 Å². The Bertz CT molecular complexity index is 796. The summed E-state index contributed by atoms with van der Waals surface area (Å²) in [5.41, 5.74) is 1.63. The van der Waals surface area contributed by atoms with E-state index in [1.165, 1.54) is 28.4 Å². The summed E-state index contributed by atoms with van der Waals surface area (Å²) >= 11 is 6.13. The Kier molecular flexibility index (Phi) is 5.45. The van der Waals surface area contributed by atoms with Gasteiger partial charge in [-0.2, -0.15) is 11.8 Å². The largest absolute Gasteiger partial charge is 0.480 e. The van der Waals surface area contributed by atoms with E-state index >= 15 is 0 Å². The topological polar surface area (TPSA) is 86.7 Å². The van der Waals surface area contributed by atoms with Gasteiger partial charge in [0.15, 0.2) is 0 Å². The van der Waals surface area contributed by atoms with Crippen LogP contribution in [0.2, 0.25) is 0 Å². The molecule has 2 N–H and O–H groups in total. The van der Waals surface area contributed by atoms with Gasteiger partial charge in [-0.05, 0) is 36.6 Å². The third-order valence-electron chi connectivity index (χ3n) is 4.01. The highest BCUT2D eigenvalue weighted by Gasteiger charge is 2.40. The summed E-state index contributed by atoms with van der Waals surface area (Å²) in [7, 11) is 0. The predicted molar refractivity (Wildman–Crippen MR) is 103 cm³/mol. The first-order chi connectivity index (χ1) is 11.9. The molecule has 2 aliphatic rings. The number of nitrogens with zero attached hydrogens (tertiary/aromatic N) is 1. The number of hydrogen-bond acceptors (Lipinski definition) is 5. The molecule has 1 aromatic carbocycles. The van der Waals surface area contributed by atoms with Crippen LogP contribution in [0.1, 0.15) is 12.0 Å². The molecule has 25 heavy (non-hydrogen) atoms. The minimum absolute atomic E-state index is 0.236. The number of carbonyl (C=O) groups is 3. The lowest BCUT2D eigenvalue weighted by atomic mass is 10.1. The third kappa shape index (κ3) is 3.45. The van der Waals surface area contributed by atoms with Crippen molar-refractivity contribution in [3.63, 3.8) is 0 Å². The number of carboxylic acids is 1. The number of carbonyl (C=O) groups excluding carboxylic acids is 2. The van der Waals surface area contributed by atoms with Gasteiger partial charge in [0, 0.05) is 15.7 Å². The molecule has 0 aromatic heterocycles. The van der Waals surface area contributed by atoms with Crippen molar-refractivity contribution in [2.45, 2.75) is 12.5 Å². The molecule has 2 amide bonds. The van der Waals surface area contributed by atoms with Crippen molar-refractivity contribution in [1.82, 2.24) is 4.90 Å². The van der Waals surface area contributed by atoms with Gasteiger partial charge in [0.1, 0.15) is 6.04 Å². The first kappa shape index (κ1) is 18.3. The smallest absolute Gasteiger partial charge is 0.326 e. The van der Waals surface area contributed by atoms with Gasteiger partial charge in [-0.15, -0.1) is 0 Å². The number of rotatable bonds is 5. The van der Waals surface area contributed by atoms with Crippen molar-refractivity contribution in [3.8, 4) is 0 Å². The summed E-state index contributed by atoms with van der Waals surface area (Å²) in [6.07, 6.45) is 2.27. The number of anilines is 1. The van der Waals surface area contributed by atoms with E-state index in [1.54, 1.807) is 12.1 Å². The summed E-state index contributed by atoms with van der Waals surface area (Å²) in [6, 6.07) is 4.49. The molecule has 0 aliphatic carbocycles. The van der Waals surface area contributed by atoms with Gasteiger partial charge in [-0.25, -0.2) is 4.79 Å². The molecule has 1 unspecified atom stereocenters. The molecule has 3 rings (SSSR count). The van der Waals surface area contributed by atoms with E-state index in [2.05, 4.69) is 21.2 Å². The molecule has 1 saturated heterocycles. The highest BCUT2D eigenvalue weighted by atomic mass is 79.9. The van der Waals surface area contributed by atoms with Crippen LogP contribution in [0.3, 0.4) is 0 Å². The molecule has 1 fully saturated rings. The lowest BCUT2D eigenvalue weighted by Crippen LogP contribution is -2.42. The van der Waals surface area contributed by atoms with Gasteiger partial charge in [0.2, 0.25) is 0 Å². The van der Waals surface area contributed by atoms with Gasteiger partial charge < -0.3 is 15.3 Å². The minimum Gasteiger partial charge on any atom is -0.480 e. The van der Waals surface area contributed by atoms with Crippen LogP contribution >= 0.6 is 39.5 Å². The van der Waals surface area contributed by atoms with Crippen molar-refractivity contribution >= 4 is 68.5 Å². The number of aliphatic carboxylic acids is 1. The third-order valence-corrected chi connectivity index (χ3v) is 6.22. The van der Waals surface area contributed by atoms with Crippen molar-refractivity contribution in [1.29, 1.82) is 0 Å². The van der Waals surface area contributed by atoms with E-state index in [9.17, 15) is 19.5 Å². The van der Waals surface area contributed by atoms with E-state index in [4.69, 9.17) is 0 Å². The molecular formula is C16H15BrN2O4S2. The zero-order chi connectivity index (χ0) is 18.1. The van der Waals surface area contributed by atoms with Crippen LogP contribution in [0.15, 0.2) is 27.6 Å². The first-order valence-corrected chi connectivity index (χ1v) is 10.6. The average Bonchev–Trinajstić information content (AvgIpc) is 3.07. The molecule has 2 heterocycles. The molecule has 0 saturated carbocycles. The second-order valence-corrected chi connectivity index (χ2v) is 8.39. The summed E-state index contributed by atoms with van der Waals surface area (Å²) in [5, 5.41) is 12.2. The maximum absolute atomic E-state index is 12.8. The van der Waals surface area contributed by atoms with Gasteiger partial charge in [-0.3, -0.25) is 9.59 Å². The quantitative estimate of drug-likeness (QED) is 0.681. The van der Waals surface area contributed by atoms with Crippen LogP contribution in [0.5, 0.6) is 0 Å². The summed E-state index contributed by atoms with van der Waals surface area (Å²) in [5.74, 6) is -0.862. The van der Waals surface area contributed by atoms with E-state index in [-0.39, 0.29) is 11.8 Å². The van der Waals surface area contributed by atoms with Crippen LogP contribution in [0.25, 0.3) is 5.57 Å². The van der Waals surface area contributed by atoms with Crippen molar-refractivity contribution < 1.29 is 19.5 Å². The van der Waals surface area contributed by atoms with Crippen LogP contribution in [0.4, 0.5) is 5.69 Å². The van der Waals surface area contributed by atoms with Gasteiger partial charge in [0.05, 0.1) is 16.4 Å². The summed E-state index contributed by atoms with van der Waals surface area (Å²) in [4.78, 5) is 38.4. The number of halogens is 1. The van der Waals surface area contributed by atoms with Gasteiger partial charge >= 0.3 is 5.97 Å². The molecular weight excluding hydrogens is 428 g/mol. The number of nitrogens with one attached hydrogen (secondary N) is 1. The van der Waals surface area contributed by atoms with E-state index < -0.39 is 17.9 Å². The number of thioether (sulfide) groups is 2. The number of fused-ring (bicyclic) bond motifs is 1. The predicted octanol–water partition coefficient (Wildman–Crippen LogP) is 2.85. The van der Waals surface area contributed by atoms with Gasteiger partial charge in [-0.1, -0.05) is 27.7 Å². The Balaban J connectivity index is 1.96. The normalized spacial score (nSPS) is 20.6. The Morgan fingerprint density at radius 1 is 1.48 bits per heavy atom. The van der Waals surface area contributed by atoms with Crippen LogP contribution in [-0.4, -0.2) is 51.7 Å². The number of hydrogen-bond donors (Lipinski definition) is 2. The van der Waals surface area contributed by atoms with Crippen molar-refractivity contribution in [2.24, 2.45) is 0 Å². The lowest BCUT2D eigenvalue weighted by molar-refractivity contribution is -0.147. The molecule has 0 bridgehead atoms. The molecule has 9 heteroatoms. The molecule has 1 aromatic rings. The Hall–Kier alpha value is -1.45. The molecule has 0 radical (unpaired) electrons. The maximum atomic E-state index is 12.8. The summed E-state index contributed by atoms with van der Waals surface area (Å²) < 4.78 is 0.802. The fourth-order valence-corrected chi connectivity index (χ4v) is 4.78. The second-order valence-electron chi connectivity index (χ2n) is 5.53. The fraction of sp³-hybridized carbons (Fsp3) is 0.312. The molecule has 2 aliphatic heterocycles. The number of benzene rings is 1. The van der Waals surface area contributed by atoms with E-state index in [0.29, 0.717) is 33.9 Å². The lowest BCUT2D eigenvalue weighted by Gasteiger charge is -2.22. The Morgan fingerprint density at radius 2 is 2.24 bits per heavy atom. The molecule has 1 atom stereocenters. The van der Waals surface area contributed by atoms with E-state index in [0.717, 1.165) is 4.47 Å².